The molecule has 1 aromatic carbocycles. The highest BCUT2D eigenvalue weighted by Crippen LogP contribution is 2.17. The number of aryl methyl sites for hydroxylation is 2. The smallest absolute Gasteiger partial charge is 0.258 e. The molecule has 4 heteroatoms. The molecule has 0 aromatic heterocycles. The molecule has 1 rings (SSSR count). The summed E-state index contributed by atoms with van der Waals surface area (Å²) in [5.74, 6) is 0.590. The maximum atomic E-state index is 12.0. The van der Waals surface area contributed by atoms with Crippen molar-refractivity contribution in [2.24, 2.45) is 5.73 Å². The summed E-state index contributed by atoms with van der Waals surface area (Å²) in [5, 5.41) is 2.99. The molecule has 20 heavy (non-hydrogen) atoms. The second-order valence-electron chi connectivity index (χ2n) is 5.27. The normalized spacial score (nSPS) is 11.2. The highest BCUT2D eigenvalue weighted by atomic mass is 16.5. The van der Waals surface area contributed by atoms with Crippen LogP contribution in [-0.4, -0.2) is 24.6 Å². The number of amides is 1. The van der Waals surface area contributed by atoms with E-state index in [1.807, 2.05) is 45.9 Å². The topological polar surface area (TPSA) is 64.3 Å². The van der Waals surface area contributed by atoms with E-state index in [-0.39, 0.29) is 18.1 Å². The Hall–Kier alpha value is -1.55. The van der Waals surface area contributed by atoms with Gasteiger partial charge in [0.1, 0.15) is 5.75 Å². The van der Waals surface area contributed by atoms with Gasteiger partial charge in [-0.15, -0.1) is 0 Å². The SMILES string of the molecule is CCC(CC)(CN)NC(=O)COc1ccc(C)c(C)c1. The molecule has 0 radical (unpaired) electrons. The van der Waals surface area contributed by atoms with Gasteiger partial charge in [0, 0.05) is 6.54 Å². The molecule has 0 aliphatic heterocycles. The molecule has 3 N–H and O–H groups in total. The first-order chi connectivity index (χ1) is 9.46. The molecule has 0 bridgehead atoms. The lowest BCUT2D eigenvalue weighted by Crippen LogP contribution is -2.54. The minimum Gasteiger partial charge on any atom is -0.484 e. The number of hydrogen-bond acceptors (Lipinski definition) is 3. The van der Waals surface area contributed by atoms with Crippen molar-refractivity contribution in [2.45, 2.75) is 46.1 Å². The van der Waals surface area contributed by atoms with Crippen LogP contribution < -0.4 is 15.8 Å². The van der Waals surface area contributed by atoms with Crippen molar-refractivity contribution in [3.05, 3.63) is 29.3 Å². The Labute approximate surface area is 121 Å². The van der Waals surface area contributed by atoms with Crippen LogP contribution in [-0.2, 0) is 4.79 Å². The fourth-order valence-corrected chi connectivity index (χ4v) is 2.05. The standard InChI is InChI=1S/C16H26N2O2/c1-5-16(6-2,11-17)18-15(19)10-20-14-8-7-12(3)13(4)9-14/h7-9H,5-6,10-11,17H2,1-4H3,(H,18,19). The molecule has 1 aromatic rings. The fraction of sp³-hybridized carbons (Fsp3) is 0.562. The third-order valence-electron chi connectivity index (χ3n) is 4.00. The van der Waals surface area contributed by atoms with Gasteiger partial charge in [-0.25, -0.2) is 0 Å². The Bertz CT molecular complexity index is 446. The second-order valence-corrected chi connectivity index (χ2v) is 5.27. The third kappa shape index (κ3) is 4.23. The molecule has 0 spiro atoms. The molecule has 112 valence electrons. The van der Waals surface area contributed by atoms with Gasteiger partial charge in [0.15, 0.2) is 6.61 Å². The monoisotopic (exact) mass is 278 g/mol. The maximum absolute atomic E-state index is 12.0. The number of carbonyl (C=O) groups is 1. The molecule has 0 heterocycles. The van der Waals surface area contributed by atoms with E-state index in [1.165, 1.54) is 5.56 Å². The molecular formula is C16H26N2O2. The quantitative estimate of drug-likeness (QED) is 0.804. The molecule has 0 atom stereocenters. The third-order valence-corrected chi connectivity index (χ3v) is 4.00. The van der Waals surface area contributed by atoms with Crippen LogP contribution in [0.25, 0.3) is 0 Å². The molecular weight excluding hydrogens is 252 g/mol. The van der Waals surface area contributed by atoms with Gasteiger partial charge in [-0.3, -0.25) is 4.79 Å². The summed E-state index contributed by atoms with van der Waals surface area (Å²) < 4.78 is 5.53. The first kappa shape index (κ1) is 16.5. The van der Waals surface area contributed by atoms with E-state index in [9.17, 15) is 4.79 Å². The maximum Gasteiger partial charge on any atom is 0.258 e. The largest absolute Gasteiger partial charge is 0.484 e. The first-order valence-electron chi connectivity index (χ1n) is 7.17. The zero-order valence-electron chi connectivity index (χ0n) is 13.0. The van der Waals surface area contributed by atoms with E-state index >= 15 is 0 Å². The summed E-state index contributed by atoms with van der Waals surface area (Å²) in [4.78, 5) is 12.0. The van der Waals surface area contributed by atoms with Gasteiger partial charge in [-0.05, 0) is 49.9 Å². The van der Waals surface area contributed by atoms with Crippen LogP contribution in [0.5, 0.6) is 5.75 Å². The van der Waals surface area contributed by atoms with Gasteiger partial charge in [-0.1, -0.05) is 19.9 Å². The van der Waals surface area contributed by atoms with Crippen LogP contribution in [0.1, 0.15) is 37.8 Å². The van der Waals surface area contributed by atoms with E-state index in [0.717, 1.165) is 24.2 Å². The van der Waals surface area contributed by atoms with Crippen molar-refractivity contribution in [3.63, 3.8) is 0 Å². The van der Waals surface area contributed by atoms with Crippen LogP contribution in [0.15, 0.2) is 18.2 Å². The molecule has 0 saturated carbocycles. The molecule has 0 unspecified atom stereocenters. The molecule has 0 saturated heterocycles. The van der Waals surface area contributed by atoms with Crippen LogP contribution in [0.3, 0.4) is 0 Å². The van der Waals surface area contributed by atoms with Crippen molar-refractivity contribution >= 4 is 5.91 Å². The number of rotatable bonds is 7. The van der Waals surface area contributed by atoms with Crippen molar-refractivity contribution in [3.8, 4) is 5.75 Å². The number of benzene rings is 1. The molecule has 4 nitrogen and oxygen atoms in total. The molecule has 1 amide bonds. The first-order valence-corrected chi connectivity index (χ1v) is 7.17. The lowest BCUT2D eigenvalue weighted by molar-refractivity contribution is -0.125. The summed E-state index contributed by atoms with van der Waals surface area (Å²) in [6.45, 7) is 8.58. The minimum atomic E-state index is -0.316. The Kier molecular flexibility index (Phi) is 6.02. The highest BCUT2D eigenvalue weighted by molar-refractivity contribution is 5.78. The predicted molar refractivity (Wildman–Crippen MR) is 81.9 cm³/mol. The van der Waals surface area contributed by atoms with E-state index in [2.05, 4.69) is 5.32 Å². The van der Waals surface area contributed by atoms with Gasteiger partial charge in [0.25, 0.3) is 5.91 Å². The van der Waals surface area contributed by atoms with Crippen LogP contribution in [0, 0.1) is 13.8 Å². The summed E-state index contributed by atoms with van der Waals surface area (Å²) in [5.41, 5.74) is 7.81. The summed E-state index contributed by atoms with van der Waals surface area (Å²) in [6, 6.07) is 5.81. The second kappa shape index (κ2) is 7.29. The number of carbonyl (C=O) groups excluding carboxylic acids is 1. The van der Waals surface area contributed by atoms with E-state index in [0.29, 0.717) is 6.54 Å². The van der Waals surface area contributed by atoms with Crippen molar-refractivity contribution < 1.29 is 9.53 Å². The number of nitrogens with two attached hydrogens (primary N) is 1. The lowest BCUT2D eigenvalue weighted by Gasteiger charge is -2.31. The van der Waals surface area contributed by atoms with Gasteiger partial charge in [0.05, 0.1) is 5.54 Å². The van der Waals surface area contributed by atoms with Crippen LogP contribution >= 0.6 is 0 Å². The Morgan fingerprint density at radius 3 is 2.40 bits per heavy atom. The van der Waals surface area contributed by atoms with Gasteiger partial charge in [-0.2, -0.15) is 0 Å². The van der Waals surface area contributed by atoms with Crippen LogP contribution in [0.4, 0.5) is 0 Å². The average Bonchev–Trinajstić information content (AvgIpc) is 2.46. The fourth-order valence-electron chi connectivity index (χ4n) is 2.05. The Balaban J connectivity index is 2.56. The predicted octanol–water partition coefficient (Wildman–Crippen LogP) is 2.32. The number of ether oxygens (including phenoxy) is 1. The Morgan fingerprint density at radius 2 is 1.90 bits per heavy atom. The van der Waals surface area contributed by atoms with E-state index in [1.54, 1.807) is 0 Å². The van der Waals surface area contributed by atoms with Crippen molar-refractivity contribution in [1.82, 2.24) is 5.32 Å². The highest BCUT2D eigenvalue weighted by Gasteiger charge is 2.26. The molecule has 0 aliphatic carbocycles. The zero-order chi connectivity index (χ0) is 15.2. The van der Waals surface area contributed by atoms with Crippen molar-refractivity contribution in [2.75, 3.05) is 13.2 Å². The Morgan fingerprint density at radius 1 is 1.25 bits per heavy atom. The zero-order valence-corrected chi connectivity index (χ0v) is 13.0. The summed E-state index contributed by atoms with van der Waals surface area (Å²) in [6.07, 6.45) is 1.63. The number of hydrogen-bond donors (Lipinski definition) is 2. The van der Waals surface area contributed by atoms with Gasteiger partial charge < -0.3 is 15.8 Å². The summed E-state index contributed by atoms with van der Waals surface area (Å²) >= 11 is 0. The lowest BCUT2D eigenvalue weighted by atomic mass is 9.93. The molecule has 0 aliphatic rings. The van der Waals surface area contributed by atoms with Crippen LogP contribution in [0.2, 0.25) is 0 Å². The van der Waals surface area contributed by atoms with Crippen molar-refractivity contribution in [1.29, 1.82) is 0 Å². The molecule has 0 fully saturated rings. The van der Waals surface area contributed by atoms with Gasteiger partial charge in [0.2, 0.25) is 0 Å². The van der Waals surface area contributed by atoms with Gasteiger partial charge >= 0.3 is 0 Å². The van der Waals surface area contributed by atoms with E-state index < -0.39 is 0 Å². The average molecular weight is 278 g/mol. The van der Waals surface area contributed by atoms with E-state index in [4.69, 9.17) is 10.5 Å². The number of nitrogens with one attached hydrogen (secondary N) is 1. The summed E-state index contributed by atoms with van der Waals surface area (Å²) in [7, 11) is 0. The minimum absolute atomic E-state index is 0.0181.